The third-order valence-electron chi connectivity index (χ3n) is 1.81. The molecule has 0 fully saturated rings. The van der Waals surface area contributed by atoms with Gasteiger partial charge in [-0.15, -0.1) is 23.5 Å². The smallest absolute Gasteiger partial charge is 0.0837 e. The Morgan fingerprint density at radius 1 is 1.23 bits per heavy atom. The lowest BCUT2D eigenvalue weighted by Gasteiger charge is -2.07. The quantitative estimate of drug-likeness (QED) is 0.759. The van der Waals surface area contributed by atoms with E-state index in [1.807, 2.05) is 23.5 Å². The molecule has 0 aliphatic carbocycles. The van der Waals surface area contributed by atoms with Gasteiger partial charge in [0.25, 0.3) is 0 Å². The SMILES string of the molecule is SCC1=CSC(c2ccccc2)S1. The van der Waals surface area contributed by atoms with Gasteiger partial charge < -0.3 is 0 Å². The van der Waals surface area contributed by atoms with E-state index in [-0.39, 0.29) is 0 Å². The summed E-state index contributed by atoms with van der Waals surface area (Å²) in [5, 5.41) is 2.22. The summed E-state index contributed by atoms with van der Waals surface area (Å²) in [6, 6.07) is 10.6. The van der Waals surface area contributed by atoms with E-state index in [1.165, 1.54) is 10.5 Å². The van der Waals surface area contributed by atoms with Gasteiger partial charge in [0.1, 0.15) is 0 Å². The second-order valence-electron chi connectivity index (χ2n) is 2.74. The highest BCUT2D eigenvalue weighted by molar-refractivity contribution is 8.22. The highest BCUT2D eigenvalue weighted by atomic mass is 32.2. The molecule has 0 spiro atoms. The lowest BCUT2D eigenvalue weighted by atomic mass is 10.2. The first-order chi connectivity index (χ1) is 6.40. The molecule has 0 saturated heterocycles. The zero-order valence-corrected chi connectivity index (χ0v) is 9.54. The van der Waals surface area contributed by atoms with Crippen molar-refractivity contribution in [3.8, 4) is 0 Å². The van der Waals surface area contributed by atoms with E-state index in [2.05, 4.69) is 48.4 Å². The molecule has 0 radical (unpaired) electrons. The molecule has 0 bridgehead atoms. The molecule has 1 heterocycles. The molecule has 0 amide bonds. The monoisotopic (exact) mass is 226 g/mol. The van der Waals surface area contributed by atoms with E-state index in [0.717, 1.165) is 5.75 Å². The maximum atomic E-state index is 4.27. The molecule has 1 aromatic carbocycles. The summed E-state index contributed by atoms with van der Waals surface area (Å²) in [7, 11) is 0. The average molecular weight is 226 g/mol. The van der Waals surface area contributed by atoms with Crippen LogP contribution in [0.2, 0.25) is 0 Å². The van der Waals surface area contributed by atoms with Crippen molar-refractivity contribution < 1.29 is 0 Å². The van der Waals surface area contributed by atoms with Gasteiger partial charge in [0.2, 0.25) is 0 Å². The van der Waals surface area contributed by atoms with Gasteiger partial charge in [-0.2, -0.15) is 12.6 Å². The molecule has 1 aromatic rings. The molecular weight excluding hydrogens is 216 g/mol. The average Bonchev–Trinajstić information content (AvgIpc) is 2.67. The molecule has 1 aliphatic heterocycles. The minimum Gasteiger partial charge on any atom is -0.174 e. The van der Waals surface area contributed by atoms with Crippen LogP contribution in [0, 0.1) is 0 Å². The van der Waals surface area contributed by atoms with Crippen LogP contribution < -0.4 is 0 Å². The second-order valence-corrected chi connectivity index (χ2v) is 5.56. The van der Waals surface area contributed by atoms with Gasteiger partial charge in [-0.25, -0.2) is 0 Å². The first-order valence-corrected chi connectivity index (χ1v) is 6.52. The van der Waals surface area contributed by atoms with Gasteiger partial charge >= 0.3 is 0 Å². The molecule has 0 nitrogen and oxygen atoms in total. The predicted molar refractivity (Wildman–Crippen MR) is 66.3 cm³/mol. The molecule has 0 aromatic heterocycles. The van der Waals surface area contributed by atoms with Crippen molar-refractivity contribution in [1.82, 2.24) is 0 Å². The van der Waals surface area contributed by atoms with Crippen LogP contribution in [-0.4, -0.2) is 5.75 Å². The molecule has 1 atom stereocenters. The molecule has 68 valence electrons. The van der Waals surface area contributed by atoms with Crippen LogP contribution in [0.25, 0.3) is 0 Å². The van der Waals surface area contributed by atoms with Gasteiger partial charge in [-0.3, -0.25) is 0 Å². The zero-order valence-electron chi connectivity index (χ0n) is 7.01. The van der Waals surface area contributed by atoms with E-state index in [4.69, 9.17) is 0 Å². The Labute approximate surface area is 92.6 Å². The molecule has 2 rings (SSSR count). The Bertz CT molecular complexity index is 305. The van der Waals surface area contributed by atoms with E-state index in [0.29, 0.717) is 4.58 Å². The first-order valence-electron chi connectivity index (χ1n) is 4.07. The van der Waals surface area contributed by atoms with E-state index < -0.39 is 0 Å². The number of benzene rings is 1. The van der Waals surface area contributed by atoms with Crippen LogP contribution in [-0.2, 0) is 0 Å². The number of rotatable bonds is 2. The fraction of sp³-hybridized carbons (Fsp3) is 0.200. The minimum absolute atomic E-state index is 0.545. The highest BCUT2D eigenvalue weighted by Gasteiger charge is 2.18. The largest absolute Gasteiger partial charge is 0.174 e. The van der Waals surface area contributed by atoms with Crippen molar-refractivity contribution in [1.29, 1.82) is 0 Å². The van der Waals surface area contributed by atoms with Gasteiger partial charge in [-0.05, 0) is 11.0 Å². The minimum atomic E-state index is 0.545. The summed E-state index contributed by atoms with van der Waals surface area (Å²) >= 11 is 8.06. The summed E-state index contributed by atoms with van der Waals surface area (Å²) in [4.78, 5) is 1.38. The third kappa shape index (κ3) is 2.27. The topological polar surface area (TPSA) is 0 Å². The van der Waals surface area contributed by atoms with Crippen LogP contribution in [0.15, 0.2) is 40.6 Å². The maximum Gasteiger partial charge on any atom is 0.0837 e. The van der Waals surface area contributed by atoms with Crippen LogP contribution >= 0.6 is 36.2 Å². The lowest BCUT2D eigenvalue weighted by Crippen LogP contribution is -1.83. The molecule has 13 heavy (non-hydrogen) atoms. The van der Waals surface area contributed by atoms with Gasteiger partial charge in [0.15, 0.2) is 0 Å². The Morgan fingerprint density at radius 3 is 2.62 bits per heavy atom. The van der Waals surface area contributed by atoms with Crippen LogP contribution in [0.1, 0.15) is 10.1 Å². The Kier molecular flexibility index (Phi) is 3.30. The van der Waals surface area contributed by atoms with Crippen LogP contribution in [0.5, 0.6) is 0 Å². The summed E-state index contributed by atoms with van der Waals surface area (Å²) in [6.45, 7) is 0. The fourth-order valence-electron chi connectivity index (χ4n) is 1.16. The molecule has 0 N–H and O–H groups in total. The van der Waals surface area contributed by atoms with E-state index in [1.54, 1.807) is 0 Å². The normalized spacial score (nSPS) is 21.6. The molecule has 0 saturated carbocycles. The number of hydrogen-bond donors (Lipinski definition) is 1. The van der Waals surface area contributed by atoms with E-state index >= 15 is 0 Å². The Hall–Kier alpha value is 0.01000. The first kappa shape index (κ1) is 9.56. The molecule has 1 aliphatic rings. The second kappa shape index (κ2) is 4.49. The number of thiol groups is 1. The maximum absolute atomic E-state index is 4.27. The highest BCUT2D eigenvalue weighted by Crippen LogP contribution is 2.50. The Morgan fingerprint density at radius 2 is 2.00 bits per heavy atom. The van der Waals surface area contributed by atoms with Crippen LogP contribution in [0.3, 0.4) is 0 Å². The Balaban J connectivity index is 2.07. The fourth-order valence-corrected chi connectivity index (χ4v) is 4.06. The molecular formula is C10H10S3. The van der Waals surface area contributed by atoms with Gasteiger partial charge in [0.05, 0.1) is 4.58 Å². The summed E-state index contributed by atoms with van der Waals surface area (Å²) in [5.41, 5.74) is 1.39. The standard InChI is InChI=1S/C10H10S3/c11-6-9-7-12-10(13-9)8-4-2-1-3-5-8/h1-5,7,10-11H,6H2. The summed E-state index contributed by atoms with van der Waals surface area (Å²) in [6.07, 6.45) is 0. The number of hydrogen-bond acceptors (Lipinski definition) is 3. The third-order valence-corrected chi connectivity index (χ3v) is 5.13. The van der Waals surface area contributed by atoms with Crippen molar-refractivity contribution >= 4 is 36.2 Å². The molecule has 1 unspecified atom stereocenters. The lowest BCUT2D eigenvalue weighted by molar-refractivity contribution is 1.39. The van der Waals surface area contributed by atoms with Crippen molar-refractivity contribution in [2.75, 3.05) is 5.75 Å². The van der Waals surface area contributed by atoms with Gasteiger partial charge in [-0.1, -0.05) is 30.3 Å². The molecule has 3 heteroatoms. The number of thioether (sulfide) groups is 2. The van der Waals surface area contributed by atoms with Crippen molar-refractivity contribution in [3.05, 3.63) is 46.2 Å². The summed E-state index contributed by atoms with van der Waals surface area (Å²) < 4.78 is 0.545. The van der Waals surface area contributed by atoms with Gasteiger partial charge in [0, 0.05) is 10.7 Å². The van der Waals surface area contributed by atoms with Crippen LogP contribution in [0.4, 0.5) is 0 Å². The van der Waals surface area contributed by atoms with Crippen molar-refractivity contribution in [2.45, 2.75) is 4.58 Å². The zero-order chi connectivity index (χ0) is 9.10. The van der Waals surface area contributed by atoms with E-state index in [9.17, 15) is 0 Å². The predicted octanol–water partition coefficient (Wildman–Crippen LogP) is 3.94. The van der Waals surface area contributed by atoms with Crippen molar-refractivity contribution in [2.24, 2.45) is 0 Å². The van der Waals surface area contributed by atoms with Crippen molar-refractivity contribution in [3.63, 3.8) is 0 Å². The summed E-state index contributed by atoms with van der Waals surface area (Å²) in [5.74, 6) is 0.862.